The number of esters is 1. The summed E-state index contributed by atoms with van der Waals surface area (Å²) in [5.74, 6) is 0.286. The summed E-state index contributed by atoms with van der Waals surface area (Å²) in [5.41, 5.74) is 3.35. The zero-order chi connectivity index (χ0) is 20.4. The van der Waals surface area contributed by atoms with Crippen molar-refractivity contribution in [3.8, 4) is 0 Å². The molecule has 1 aromatic rings. The van der Waals surface area contributed by atoms with Gasteiger partial charge in [-0.05, 0) is 54.4 Å². The Labute approximate surface area is 172 Å². The van der Waals surface area contributed by atoms with Gasteiger partial charge in [0.2, 0.25) is 0 Å². The number of aryl methyl sites for hydroxylation is 1. The van der Waals surface area contributed by atoms with E-state index in [9.17, 15) is 9.59 Å². The molecule has 0 aromatic heterocycles. The molecule has 2 aliphatic rings. The molecule has 2 atom stereocenters. The molecule has 0 spiro atoms. The van der Waals surface area contributed by atoms with Crippen LogP contribution in [0.5, 0.6) is 0 Å². The Balaban J connectivity index is 1.95. The smallest absolute Gasteiger partial charge is 0.337 e. The first-order valence-corrected chi connectivity index (χ1v) is 10.3. The van der Waals surface area contributed by atoms with Crippen molar-refractivity contribution in [2.24, 2.45) is 11.8 Å². The molecule has 0 radical (unpaired) electrons. The van der Waals surface area contributed by atoms with Crippen LogP contribution in [0.2, 0.25) is 0 Å². The van der Waals surface area contributed by atoms with E-state index in [0.29, 0.717) is 34.5 Å². The molecule has 3 rings (SSSR count). The molecule has 0 bridgehead atoms. The number of nitrogens with zero attached hydrogens (tertiary/aromatic N) is 1. The highest BCUT2D eigenvalue weighted by Gasteiger charge is 2.34. The summed E-state index contributed by atoms with van der Waals surface area (Å²) in [4.78, 5) is 27.4. The number of methoxy groups -OCH3 is 1. The van der Waals surface area contributed by atoms with E-state index in [0.717, 1.165) is 24.8 Å². The molecule has 5 heteroatoms. The normalized spacial score (nSPS) is 21.1. The van der Waals surface area contributed by atoms with Crippen LogP contribution in [0.25, 0.3) is 0 Å². The van der Waals surface area contributed by atoms with E-state index in [1.165, 1.54) is 12.7 Å². The van der Waals surface area contributed by atoms with Crippen LogP contribution in [0.1, 0.15) is 61.1 Å². The van der Waals surface area contributed by atoms with Gasteiger partial charge in [0, 0.05) is 11.6 Å². The number of hydrogen-bond donors (Lipinski definition) is 0. The fourth-order valence-corrected chi connectivity index (χ4v) is 4.42. The molecule has 2 unspecified atom stereocenters. The van der Waals surface area contributed by atoms with E-state index in [1.807, 2.05) is 29.2 Å². The Bertz CT molecular complexity index is 840. The van der Waals surface area contributed by atoms with Gasteiger partial charge in [-0.3, -0.25) is 4.79 Å². The average molecular weight is 402 g/mol. The van der Waals surface area contributed by atoms with Crippen LogP contribution in [0, 0.1) is 11.8 Å². The van der Waals surface area contributed by atoms with Gasteiger partial charge >= 0.3 is 5.97 Å². The van der Waals surface area contributed by atoms with Gasteiger partial charge in [-0.25, -0.2) is 4.79 Å². The molecule has 2 aliphatic carbocycles. The van der Waals surface area contributed by atoms with Gasteiger partial charge in [0.1, 0.15) is 0 Å². The highest BCUT2D eigenvalue weighted by atomic mass is 35.5. The third-order valence-corrected chi connectivity index (χ3v) is 5.75. The number of hydrogen-bond acceptors (Lipinski definition) is 3. The van der Waals surface area contributed by atoms with E-state index >= 15 is 0 Å². The SMILES string of the molecule is COC(=O)c1ccc2c(c1)C(N(CC(C)C)C(=O)C1=CCC(C)C=C1Cl)CC2. The predicted octanol–water partition coefficient (Wildman–Crippen LogP) is 5.03. The lowest BCUT2D eigenvalue weighted by Gasteiger charge is -2.33. The van der Waals surface area contributed by atoms with Crippen LogP contribution >= 0.6 is 11.6 Å². The zero-order valence-corrected chi connectivity index (χ0v) is 17.8. The fourth-order valence-electron chi connectivity index (χ4n) is 4.05. The minimum Gasteiger partial charge on any atom is -0.465 e. The number of halogens is 1. The van der Waals surface area contributed by atoms with Crippen molar-refractivity contribution in [1.29, 1.82) is 0 Å². The first-order valence-electron chi connectivity index (χ1n) is 9.91. The zero-order valence-electron chi connectivity index (χ0n) is 17.0. The number of benzene rings is 1. The number of carbonyl (C=O) groups excluding carboxylic acids is 2. The molecule has 0 saturated carbocycles. The molecular formula is C23H28ClNO3. The molecule has 150 valence electrons. The Morgan fingerprint density at radius 1 is 1.32 bits per heavy atom. The van der Waals surface area contributed by atoms with Crippen molar-refractivity contribution in [3.63, 3.8) is 0 Å². The van der Waals surface area contributed by atoms with Crippen molar-refractivity contribution >= 4 is 23.5 Å². The molecule has 4 nitrogen and oxygen atoms in total. The standard InChI is InChI=1S/C23H28ClNO3/c1-14(2)13-25(22(26)18-9-5-15(3)11-20(18)24)21-10-8-16-6-7-17(12-19(16)21)23(27)28-4/h6-7,9,11-12,14-15,21H,5,8,10,13H2,1-4H3. The van der Waals surface area contributed by atoms with Gasteiger partial charge < -0.3 is 9.64 Å². The summed E-state index contributed by atoms with van der Waals surface area (Å²) < 4.78 is 4.87. The Kier molecular flexibility index (Phi) is 6.29. The minimum atomic E-state index is -0.356. The molecule has 0 saturated heterocycles. The highest BCUT2D eigenvalue weighted by Crippen LogP contribution is 2.39. The van der Waals surface area contributed by atoms with Crippen molar-refractivity contribution in [2.75, 3.05) is 13.7 Å². The molecule has 1 amide bonds. The van der Waals surface area contributed by atoms with Gasteiger partial charge in [0.05, 0.1) is 24.3 Å². The average Bonchev–Trinajstić information content (AvgIpc) is 3.07. The second-order valence-electron chi connectivity index (χ2n) is 8.16. The summed E-state index contributed by atoms with van der Waals surface area (Å²) in [6, 6.07) is 5.61. The minimum absolute atomic E-state index is 0.0248. The number of fused-ring (bicyclic) bond motifs is 1. The van der Waals surface area contributed by atoms with E-state index < -0.39 is 0 Å². The second-order valence-corrected chi connectivity index (χ2v) is 8.56. The largest absolute Gasteiger partial charge is 0.465 e. The van der Waals surface area contributed by atoms with Gasteiger partial charge in [0.15, 0.2) is 0 Å². The van der Waals surface area contributed by atoms with E-state index in [4.69, 9.17) is 16.3 Å². The number of ether oxygens (including phenoxy) is 1. The van der Waals surface area contributed by atoms with Crippen molar-refractivity contribution in [1.82, 2.24) is 4.90 Å². The molecule has 1 aromatic carbocycles. The summed E-state index contributed by atoms with van der Waals surface area (Å²) in [7, 11) is 1.38. The number of amides is 1. The first-order chi connectivity index (χ1) is 13.3. The maximum absolute atomic E-state index is 13.5. The molecular weight excluding hydrogens is 374 g/mol. The number of rotatable bonds is 5. The summed E-state index contributed by atoms with van der Waals surface area (Å²) in [6.45, 7) is 6.95. The third kappa shape index (κ3) is 4.17. The lowest BCUT2D eigenvalue weighted by molar-refractivity contribution is -0.129. The van der Waals surface area contributed by atoms with Crippen LogP contribution in [0.15, 0.2) is 41.0 Å². The topological polar surface area (TPSA) is 46.6 Å². The number of carbonyl (C=O) groups is 2. The molecule has 28 heavy (non-hydrogen) atoms. The Morgan fingerprint density at radius 2 is 2.07 bits per heavy atom. The van der Waals surface area contributed by atoms with Crippen LogP contribution in [-0.4, -0.2) is 30.4 Å². The van der Waals surface area contributed by atoms with Crippen LogP contribution in [0.4, 0.5) is 0 Å². The maximum atomic E-state index is 13.5. The highest BCUT2D eigenvalue weighted by molar-refractivity contribution is 6.35. The van der Waals surface area contributed by atoms with E-state index in [2.05, 4.69) is 20.8 Å². The lowest BCUT2D eigenvalue weighted by Crippen LogP contribution is -2.38. The first kappa shape index (κ1) is 20.7. The van der Waals surface area contributed by atoms with Crippen molar-refractivity contribution in [2.45, 2.75) is 46.1 Å². The van der Waals surface area contributed by atoms with Crippen LogP contribution in [0.3, 0.4) is 0 Å². The second kappa shape index (κ2) is 8.52. The molecule has 0 N–H and O–H groups in total. The monoisotopic (exact) mass is 401 g/mol. The van der Waals surface area contributed by atoms with Crippen molar-refractivity contribution < 1.29 is 14.3 Å². The molecule has 0 aliphatic heterocycles. The van der Waals surface area contributed by atoms with Crippen molar-refractivity contribution in [3.05, 3.63) is 57.6 Å². The fraction of sp³-hybridized carbons (Fsp3) is 0.478. The molecule has 0 fully saturated rings. The quantitative estimate of drug-likeness (QED) is 0.650. The molecule has 0 heterocycles. The third-order valence-electron chi connectivity index (χ3n) is 5.42. The van der Waals surface area contributed by atoms with E-state index in [1.54, 1.807) is 6.07 Å². The Morgan fingerprint density at radius 3 is 2.71 bits per heavy atom. The predicted molar refractivity (Wildman–Crippen MR) is 111 cm³/mol. The van der Waals surface area contributed by atoms with Crippen LogP contribution in [-0.2, 0) is 16.0 Å². The lowest BCUT2D eigenvalue weighted by atomic mass is 9.96. The van der Waals surface area contributed by atoms with Gasteiger partial charge in [-0.1, -0.05) is 50.6 Å². The van der Waals surface area contributed by atoms with Gasteiger partial charge in [-0.15, -0.1) is 0 Å². The summed E-state index contributed by atoms with van der Waals surface area (Å²) >= 11 is 6.43. The van der Waals surface area contributed by atoms with E-state index in [-0.39, 0.29) is 17.9 Å². The maximum Gasteiger partial charge on any atom is 0.337 e. The van der Waals surface area contributed by atoms with Crippen LogP contribution < -0.4 is 0 Å². The summed E-state index contributed by atoms with van der Waals surface area (Å²) in [5, 5.41) is 0.541. The Hall–Kier alpha value is -2.07. The van der Waals surface area contributed by atoms with Gasteiger partial charge in [-0.2, -0.15) is 0 Å². The summed E-state index contributed by atoms with van der Waals surface area (Å²) in [6.07, 6.45) is 6.48. The van der Waals surface area contributed by atoms with Gasteiger partial charge in [0.25, 0.3) is 5.91 Å². The number of allylic oxidation sites excluding steroid dienone is 2.